The molecule has 0 saturated carbocycles. The fourth-order valence-electron chi connectivity index (χ4n) is 2.13. The Morgan fingerprint density at radius 2 is 1.61 bits per heavy atom. The fourth-order valence-corrected chi connectivity index (χ4v) is 2.13. The first-order valence-electron chi connectivity index (χ1n) is 7.05. The lowest BCUT2D eigenvalue weighted by atomic mass is 10.0. The maximum absolute atomic E-state index is 5.04. The summed E-state index contributed by atoms with van der Waals surface area (Å²) in [7, 11) is 3.24. The first-order chi connectivity index (χ1) is 8.88. The minimum absolute atomic E-state index is 0.790. The molecule has 1 aromatic rings. The van der Waals surface area contributed by atoms with Crippen LogP contribution < -0.4 is 4.89 Å². The molecular formula is C16H25O2. The molecule has 0 N–H and O–H groups in total. The van der Waals surface area contributed by atoms with Gasteiger partial charge in [-0.2, -0.15) is 4.89 Å². The molecule has 1 aromatic carbocycles. The Kier molecular flexibility index (Phi) is 8.32. The van der Waals surface area contributed by atoms with Crippen molar-refractivity contribution in [3.63, 3.8) is 0 Å². The quantitative estimate of drug-likeness (QED) is 0.327. The van der Waals surface area contributed by atoms with Gasteiger partial charge in [-0.25, -0.2) is 0 Å². The average molecular weight is 249 g/mol. The summed E-state index contributed by atoms with van der Waals surface area (Å²) in [6, 6.07) is 7.99. The highest BCUT2D eigenvalue weighted by atomic mass is 17.2. The number of benzene rings is 1. The molecule has 0 aliphatic carbocycles. The van der Waals surface area contributed by atoms with Gasteiger partial charge in [0.15, 0.2) is 5.75 Å². The van der Waals surface area contributed by atoms with Crippen LogP contribution in [0.1, 0.15) is 57.4 Å². The summed E-state index contributed by atoms with van der Waals surface area (Å²) in [4.78, 5) is 9.53. The van der Waals surface area contributed by atoms with Crippen molar-refractivity contribution in [1.29, 1.82) is 0 Å². The Morgan fingerprint density at radius 1 is 0.944 bits per heavy atom. The maximum atomic E-state index is 5.04. The Labute approximate surface area is 111 Å². The van der Waals surface area contributed by atoms with Crippen LogP contribution in [0.3, 0.4) is 0 Å². The third-order valence-corrected chi connectivity index (χ3v) is 3.17. The molecule has 0 unspecified atom stereocenters. The van der Waals surface area contributed by atoms with Crippen LogP contribution in [-0.2, 0) is 11.3 Å². The first kappa shape index (κ1) is 15.0. The third kappa shape index (κ3) is 6.06. The van der Waals surface area contributed by atoms with Crippen LogP contribution in [0.4, 0.5) is 0 Å². The van der Waals surface area contributed by atoms with Gasteiger partial charge in [0.2, 0.25) is 0 Å². The van der Waals surface area contributed by atoms with Crippen molar-refractivity contribution in [3.05, 3.63) is 36.9 Å². The molecule has 0 amide bonds. The van der Waals surface area contributed by atoms with Crippen LogP contribution in [-0.4, -0.2) is 0 Å². The predicted molar refractivity (Wildman–Crippen MR) is 75.2 cm³/mol. The van der Waals surface area contributed by atoms with E-state index in [2.05, 4.69) is 25.0 Å². The van der Waals surface area contributed by atoms with Gasteiger partial charge in [0, 0.05) is 0 Å². The number of unbranched alkanes of at least 4 members (excludes halogenated alkanes) is 6. The van der Waals surface area contributed by atoms with E-state index in [1.54, 1.807) is 0 Å². The second-order valence-corrected chi connectivity index (χ2v) is 4.68. The normalized spacial score (nSPS) is 10.6. The van der Waals surface area contributed by atoms with Gasteiger partial charge >= 0.3 is 0 Å². The van der Waals surface area contributed by atoms with Crippen molar-refractivity contribution in [2.24, 2.45) is 0 Å². The standard InChI is InChI=1S/C16H25O2/c1-3-4-5-6-7-8-9-12-15-13-10-11-14-16(15)18-17-2/h10-11,13-14H,2-9,12H2,1H3. The molecule has 1 rings (SSSR count). The highest BCUT2D eigenvalue weighted by Gasteiger charge is 2.03. The van der Waals surface area contributed by atoms with E-state index in [-0.39, 0.29) is 0 Å². The molecular weight excluding hydrogens is 224 g/mol. The van der Waals surface area contributed by atoms with Crippen molar-refractivity contribution >= 4 is 0 Å². The minimum atomic E-state index is 0.790. The summed E-state index contributed by atoms with van der Waals surface area (Å²) >= 11 is 0. The van der Waals surface area contributed by atoms with E-state index in [1.165, 1.54) is 50.5 Å². The van der Waals surface area contributed by atoms with E-state index in [4.69, 9.17) is 4.89 Å². The Hall–Kier alpha value is -1.02. The Balaban J connectivity index is 2.18. The van der Waals surface area contributed by atoms with Crippen molar-refractivity contribution < 1.29 is 9.78 Å². The van der Waals surface area contributed by atoms with E-state index in [0.29, 0.717) is 0 Å². The Bertz CT molecular complexity index is 310. The fraction of sp³-hybridized carbons (Fsp3) is 0.562. The van der Waals surface area contributed by atoms with E-state index in [0.717, 1.165) is 12.2 Å². The predicted octanol–water partition coefficient (Wildman–Crippen LogP) is 5.08. The van der Waals surface area contributed by atoms with Gasteiger partial charge < -0.3 is 4.89 Å². The van der Waals surface area contributed by atoms with E-state index in [1.807, 2.05) is 18.2 Å². The molecule has 0 heterocycles. The van der Waals surface area contributed by atoms with Crippen LogP contribution in [0.2, 0.25) is 0 Å². The largest absolute Gasteiger partial charge is 0.337 e. The van der Waals surface area contributed by atoms with Crippen LogP contribution in [0.15, 0.2) is 24.3 Å². The summed E-state index contributed by atoms with van der Waals surface area (Å²) < 4.78 is 0. The minimum Gasteiger partial charge on any atom is -0.337 e. The number of para-hydroxylation sites is 1. The molecule has 0 saturated heterocycles. The summed E-state index contributed by atoms with van der Waals surface area (Å²) in [5, 5.41) is 0. The van der Waals surface area contributed by atoms with Crippen LogP contribution >= 0.6 is 0 Å². The molecule has 2 heteroatoms. The molecule has 0 aromatic heterocycles. The third-order valence-electron chi connectivity index (χ3n) is 3.17. The Morgan fingerprint density at radius 3 is 2.33 bits per heavy atom. The first-order valence-corrected chi connectivity index (χ1v) is 7.05. The zero-order chi connectivity index (χ0) is 13.1. The van der Waals surface area contributed by atoms with Gasteiger partial charge in [-0.05, 0) is 24.5 Å². The lowest BCUT2D eigenvalue weighted by Crippen LogP contribution is -1.95. The number of hydrogen-bond donors (Lipinski definition) is 0. The van der Waals surface area contributed by atoms with Crippen molar-refractivity contribution in [2.75, 3.05) is 0 Å². The molecule has 1 radical (unpaired) electrons. The topological polar surface area (TPSA) is 18.5 Å². The summed E-state index contributed by atoms with van der Waals surface area (Å²) in [6.45, 7) is 2.25. The molecule has 0 fully saturated rings. The smallest absolute Gasteiger partial charge is 0.168 e. The summed E-state index contributed by atoms with van der Waals surface area (Å²) in [6.07, 6.45) is 10.3. The van der Waals surface area contributed by atoms with Gasteiger partial charge in [-0.1, -0.05) is 63.6 Å². The molecule has 0 aliphatic heterocycles. The molecule has 2 nitrogen and oxygen atoms in total. The molecule has 0 spiro atoms. The summed E-state index contributed by atoms with van der Waals surface area (Å²) in [5.74, 6) is 0.790. The molecule has 101 valence electrons. The highest BCUT2D eigenvalue weighted by molar-refractivity contribution is 5.32. The second kappa shape index (κ2) is 9.95. The lowest BCUT2D eigenvalue weighted by Gasteiger charge is -2.07. The monoisotopic (exact) mass is 249 g/mol. The lowest BCUT2D eigenvalue weighted by molar-refractivity contribution is -0.154. The molecule has 0 aliphatic rings. The zero-order valence-corrected chi connectivity index (χ0v) is 11.5. The molecule has 0 atom stereocenters. The summed E-state index contributed by atoms with van der Waals surface area (Å²) in [5.41, 5.74) is 1.20. The van der Waals surface area contributed by atoms with Gasteiger partial charge in [0.25, 0.3) is 0 Å². The van der Waals surface area contributed by atoms with E-state index >= 15 is 0 Å². The van der Waals surface area contributed by atoms with Gasteiger partial charge in [0.1, 0.15) is 7.11 Å². The van der Waals surface area contributed by atoms with Crippen molar-refractivity contribution in [2.45, 2.75) is 58.3 Å². The number of hydrogen-bond acceptors (Lipinski definition) is 2. The van der Waals surface area contributed by atoms with E-state index in [9.17, 15) is 0 Å². The number of aryl methyl sites for hydroxylation is 1. The van der Waals surface area contributed by atoms with Crippen LogP contribution in [0.5, 0.6) is 5.75 Å². The van der Waals surface area contributed by atoms with Crippen molar-refractivity contribution in [3.8, 4) is 5.75 Å². The maximum Gasteiger partial charge on any atom is 0.168 e. The second-order valence-electron chi connectivity index (χ2n) is 4.68. The van der Waals surface area contributed by atoms with Gasteiger partial charge in [0.05, 0.1) is 0 Å². The highest BCUT2D eigenvalue weighted by Crippen LogP contribution is 2.21. The zero-order valence-electron chi connectivity index (χ0n) is 11.5. The average Bonchev–Trinajstić information content (AvgIpc) is 2.40. The molecule has 0 bridgehead atoms. The van der Waals surface area contributed by atoms with Crippen molar-refractivity contribution in [1.82, 2.24) is 0 Å². The van der Waals surface area contributed by atoms with Gasteiger partial charge in [-0.15, -0.1) is 0 Å². The van der Waals surface area contributed by atoms with Gasteiger partial charge in [-0.3, -0.25) is 0 Å². The van der Waals surface area contributed by atoms with Crippen LogP contribution in [0, 0.1) is 7.11 Å². The van der Waals surface area contributed by atoms with Crippen LogP contribution in [0.25, 0.3) is 0 Å². The SMILES string of the molecule is [CH2]OOc1ccccc1CCCCCCCCC. The molecule has 18 heavy (non-hydrogen) atoms. The number of rotatable bonds is 10. The van der Waals surface area contributed by atoms with E-state index < -0.39 is 0 Å².